The van der Waals surface area contributed by atoms with Crippen LogP contribution in [0.15, 0.2) is 41.2 Å². The van der Waals surface area contributed by atoms with Crippen LogP contribution in [0.4, 0.5) is 23.7 Å². The minimum Gasteiger partial charge on any atom is -0.481 e. The fourth-order valence-electron chi connectivity index (χ4n) is 4.98. The number of rotatable bonds is 3. The number of H-pyrrole nitrogens is 1. The number of hydrogen-bond acceptors (Lipinski definition) is 4. The molecule has 1 saturated heterocycles. The van der Waals surface area contributed by atoms with E-state index >= 15 is 0 Å². The smallest absolute Gasteiger partial charge is 0.416 e. The lowest BCUT2D eigenvalue weighted by Gasteiger charge is -2.40. The number of nitrogens with zero attached hydrogens (tertiary/aromatic N) is 3. The third-order valence-electron chi connectivity index (χ3n) is 6.69. The summed E-state index contributed by atoms with van der Waals surface area (Å²) in [5, 5.41) is 9.69. The third-order valence-corrected chi connectivity index (χ3v) is 6.69. The molecule has 9 nitrogen and oxygen atoms in total. The number of imidazole rings is 1. The highest BCUT2D eigenvalue weighted by atomic mass is 19.4. The van der Waals surface area contributed by atoms with Gasteiger partial charge in [0.05, 0.1) is 22.6 Å². The Morgan fingerprint density at radius 1 is 1.14 bits per heavy atom. The van der Waals surface area contributed by atoms with Gasteiger partial charge in [0.1, 0.15) is 0 Å². The molecule has 1 unspecified atom stereocenters. The van der Waals surface area contributed by atoms with Crippen molar-refractivity contribution >= 4 is 34.6 Å². The first-order chi connectivity index (χ1) is 16.5. The Kier molecular flexibility index (Phi) is 5.00. The number of aromatic amines is 1. The Labute approximate surface area is 195 Å². The van der Waals surface area contributed by atoms with Crippen molar-refractivity contribution in [2.45, 2.75) is 25.1 Å². The van der Waals surface area contributed by atoms with Crippen molar-refractivity contribution in [1.82, 2.24) is 14.5 Å². The number of aliphatic carboxylic acids is 1. The Bertz CT molecular complexity index is 1460. The molecule has 2 aromatic carbocycles. The summed E-state index contributed by atoms with van der Waals surface area (Å²) >= 11 is 0. The van der Waals surface area contributed by atoms with Crippen LogP contribution in [0.25, 0.3) is 11.0 Å². The number of aryl methyl sites for hydroxylation is 1. The maximum absolute atomic E-state index is 13.5. The topological polar surface area (TPSA) is 116 Å². The lowest BCUT2D eigenvalue weighted by atomic mass is 9.98. The number of amides is 3. The van der Waals surface area contributed by atoms with Gasteiger partial charge in [0.25, 0.3) is 0 Å². The number of carboxylic acid groups (broad SMARTS) is 1. The number of alkyl halides is 3. The molecule has 35 heavy (non-hydrogen) atoms. The number of halogens is 3. The Hall–Kier alpha value is -4.09. The number of carboxylic acids is 1. The predicted molar refractivity (Wildman–Crippen MR) is 117 cm³/mol. The van der Waals surface area contributed by atoms with E-state index in [1.54, 1.807) is 13.1 Å². The number of carbonyl (C=O) groups is 3. The molecule has 2 heterocycles. The summed E-state index contributed by atoms with van der Waals surface area (Å²) < 4.78 is 41.9. The van der Waals surface area contributed by atoms with Crippen molar-refractivity contribution in [1.29, 1.82) is 0 Å². The van der Waals surface area contributed by atoms with Gasteiger partial charge in [-0.25, -0.2) is 9.59 Å². The highest BCUT2D eigenvalue weighted by Crippen LogP contribution is 2.44. The number of hydrogen-bond donors (Lipinski definition) is 2. The molecule has 1 aromatic heterocycles. The van der Waals surface area contributed by atoms with E-state index in [-0.39, 0.29) is 35.3 Å². The minimum absolute atomic E-state index is 0.00196. The van der Waals surface area contributed by atoms with E-state index in [1.807, 2.05) is 0 Å². The van der Waals surface area contributed by atoms with Gasteiger partial charge in [0.2, 0.25) is 5.91 Å². The number of fused-ring (bicyclic) bond motifs is 2. The number of imide groups is 1. The number of anilines is 1. The first kappa shape index (κ1) is 22.7. The van der Waals surface area contributed by atoms with Gasteiger partial charge in [0, 0.05) is 19.3 Å². The lowest BCUT2D eigenvalue weighted by molar-refractivity contribution is -0.151. The first-order valence-corrected chi connectivity index (χ1v) is 10.7. The van der Waals surface area contributed by atoms with E-state index in [1.165, 1.54) is 28.8 Å². The average Bonchev–Trinajstić information content (AvgIpc) is 3.33. The van der Waals surface area contributed by atoms with Crippen LogP contribution in [0.2, 0.25) is 0 Å². The van der Waals surface area contributed by atoms with Crippen molar-refractivity contribution in [3.05, 3.63) is 63.6 Å². The molecule has 1 aliphatic heterocycles. The number of nitrogens with one attached hydrogen (secondary N) is 1. The summed E-state index contributed by atoms with van der Waals surface area (Å²) in [4.78, 5) is 55.0. The second-order valence-corrected chi connectivity index (χ2v) is 8.61. The van der Waals surface area contributed by atoms with Crippen LogP contribution >= 0.6 is 0 Å². The molecule has 1 aliphatic carbocycles. The molecule has 2 atom stereocenters. The molecular formula is C23H19F3N4O5. The summed E-state index contributed by atoms with van der Waals surface area (Å²) in [5.41, 5.74) is 0.156. The quantitative estimate of drug-likeness (QED) is 0.550. The van der Waals surface area contributed by atoms with E-state index in [9.17, 15) is 37.5 Å². The average molecular weight is 488 g/mol. The van der Waals surface area contributed by atoms with Gasteiger partial charge in [-0.1, -0.05) is 12.1 Å². The van der Waals surface area contributed by atoms with Crippen LogP contribution in [0.5, 0.6) is 0 Å². The summed E-state index contributed by atoms with van der Waals surface area (Å²) in [7, 11) is 1.56. The van der Waals surface area contributed by atoms with E-state index in [2.05, 4.69) is 4.98 Å². The van der Waals surface area contributed by atoms with Gasteiger partial charge >= 0.3 is 23.9 Å². The van der Waals surface area contributed by atoms with Gasteiger partial charge in [-0.05, 0) is 48.2 Å². The zero-order chi connectivity index (χ0) is 25.2. The van der Waals surface area contributed by atoms with Crippen LogP contribution in [0.1, 0.15) is 29.2 Å². The summed E-state index contributed by atoms with van der Waals surface area (Å²) in [6.07, 6.45) is -4.57. The van der Waals surface area contributed by atoms with Gasteiger partial charge in [0.15, 0.2) is 5.92 Å². The monoisotopic (exact) mass is 488 g/mol. The summed E-state index contributed by atoms with van der Waals surface area (Å²) in [5.74, 6) is -4.02. The molecule has 3 aromatic rings. The second kappa shape index (κ2) is 7.72. The van der Waals surface area contributed by atoms with Crippen molar-refractivity contribution in [3.8, 4) is 0 Å². The molecule has 12 heteroatoms. The van der Waals surface area contributed by atoms with Crippen LogP contribution in [-0.4, -0.2) is 44.0 Å². The fraction of sp³-hybridized carbons (Fsp3) is 0.304. The van der Waals surface area contributed by atoms with Gasteiger partial charge in [-0.15, -0.1) is 0 Å². The van der Waals surface area contributed by atoms with Gasteiger partial charge in [-0.2, -0.15) is 13.2 Å². The molecular weight excluding hydrogens is 469 g/mol. The number of benzene rings is 2. The summed E-state index contributed by atoms with van der Waals surface area (Å²) in [6, 6.07) is 6.31. The van der Waals surface area contributed by atoms with E-state index < -0.39 is 48.2 Å². The molecule has 0 spiro atoms. The zero-order valence-corrected chi connectivity index (χ0v) is 18.3. The number of urea groups is 1. The number of aromatic nitrogens is 2. The molecule has 182 valence electrons. The number of carbonyl (C=O) groups excluding carboxylic acids is 2. The largest absolute Gasteiger partial charge is 0.481 e. The maximum Gasteiger partial charge on any atom is 0.416 e. The third kappa shape index (κ3) is 3.47. The SMILES string of the molecule is Cn1c(=O)[nH]c2cc(N3CC(C(=O)O)C(=O)N([C@@H]4CCc5c4cccc5C(F)(F)F)C3=O)ccc21. The second-order valence-electron chi connectivity index (χ2n) is 8.61. The molecule has 2 N–H and O–H groups in total. The van der Waals surface area contributed by atoms with Crippen molar-refractivity contribution in [3.63, 3.8) is 0 Å². The van der Waals surface area contributed by atoms with Crippen LogP contribution in [0.3, 0.4) is 0 Å². The standard InChI is InChI=1S/C23H19F3N4O5/c1-28-18-7-5-11(9-16(18)27-21(28)34)29-10-14(20(32)33)19(31)30(22(29)35)17-8-6-12-13(17)3-2-4-15(12)23(24,25)26/h2-5,7,9,14,17H,6,8,10H2,1H3,(H,27,34)(H,32,33)/t14?,17-/m1/s1. The van der Waals surface area contributed by atoms with Crippen molar-refractivity contribution in [2.75, 3.05) is 11.4 Å². The Balaban J connectivity index is 1.59. The molecule has 5 rings (SSSR count). The molecule has 0 saturated carbocycles. The van der Waals surface area contributed by atoms with Crippen molar-refractivity contribution < 1.29 is 32.7 Å². The van der Waals surface area contributed by atoms with Crippen LogP contribution in [-0.2, 0) is 29.2 Å². The first-order valence-electron chi connectivity index (χ1n) is 10.7. The summed E-state index contributed by atoms with van der Waals surface area (Å²) in [6.45, 7) is -0.450. The maximum atomic E-state index is 13.5. The van der Waals surface area contributed by atoms with Crippen LogP contribution < -0.4 is 10.6 Å². The Morgan fingerprint density at radius 2 is 1.89 bits per heavy atom. The molecule has 0 bridgehead atoms. The van der Waals surface area contributed by atoms with Gasteiger partial charge < -0.3 is 10.1 Å². The lowest BCUT2D eigenvalue weighted by Crippen LogP contribution is -2.59. The molecule has 0 radical (unpaired) electrons. The normalized spacial score (nSPS) is 20.6. The highest BCUT2D eigenvalue weighted by molar-refractivity contribution is 6.13. The highest BCUT2D eigenvalue weighted by Gasteiger charge is 2.49. The van der Waals surface area contributed by atoms with E-state index in [0.717, 1.165) is 15.9 Å². The molecule has 2 aliphatic rings. The fourth-order valence-corrected chi connectivity index (χ4v) is 4.98. The van der Waals surface area contributed by atoms with Crippen LogP contribution in [0, 0.1) is 5.92 Å². The van der Waals surface area contributed by atoms with E-state index in [4.69, 9.17) is 0 Å². The minimum atomic E-state index is -4.60. The van der Waals surface area contributed by atoms with E-state index in [0.29, 0.717) is 11.0 Å². The van der Waals surface area contributed by atoms with Gasteiger partial charge in [-0.3, -0.25) is 24.0 Å². The predicted octanol–water partition coefficient (Wildman–Crippen LogP) is 3.04. The van der Waals surface area contributed by atoms with Crippen molar-refractivity contribution in [2.24, 2.45) is 13.0 Å². The Morgan fingerprint density at radius 3 is 2.57 bits per heavy atom. The molecule has 1 fully saturated rings. The zero-order valence-electron chi connectivity index (χ0n) is 18.3. The molecule has 3 amide bonds.